The van der Waals surface area contributed by atoms with Crippen molar-refractivity contribution >= 4 is 5.91 Å². The summed E-state index contributed by atoms with van der Waals surface area (Å²) in [6.45, 7) is 3.46. The van der Waals surface area contributed by atoms with Crippen LogP contribution in [0, 0.1) is 0 Å². The van der Waals surface area contributed by atoms with E-state index in [4.69, 9.17) is 0 Å². The molecule has 0 bridgehead atoms. The predicted molar refractivity (Wildman–Crippen MR) is 99.2 cm³/mol. The van der Waals surface area contributed by atoms with E-state index in [0.717, 1.165) is 24.1 Å². The lowest BCUT2D eigenvalue weighted by molar-refractivity contribution is -0.124. The summed E-state index contributed by atoms with van der Waals surface area (Å²) in [5, 5.41) is 3.11. The van der Waals surface area contributed by atoms with Crippen molar-refractivity contribution in [2.75, 3.05) is 6.54 Å². The van der Waals surface area contributed by atoms with Crippen molar-refractivity contribution in [2.45, 2.75) is 25.3 Å². The van der Waals surface area contributed by atoms with E-state index in [1.54, 1.807) is 12.5 Å². The summed E-state index contributed by atoms with van der Waals surface area (Å²) in [6.07, 6.45) is 6.35. The maximum Gasteiger partial charge on any atom is 0.234 e. The molecule has 2 aromatic carbocycles. The van der Waals surface area contributed by atoms with Crippen LogP contribution in [-0.2, 0) is 16.8 Å². The van der Waals surface area contributed by atoms with Crippen molar-refractivity contribution in [1.29, 1.82) is 0 Å². The van der Waals surface area contributed by atoms with Gasteiger partial charge in [-0.05, 0) is 24.5 Å². The molecule has 0 aliphatic rings. The topological polar surface area (TPSA) is 46.9 Å². The van der Waals surface area contributed by atoms with Crippen LogP contribution < -0.4 is 17.7 Å². The molecule has 136 valence electrons. The first-order valence-electron chi connectivity index (χ1n) is 8.56. The van der Waals surface area contributed by atoms with E-state index in [1.807, 2.05) is 78.4 Å². The van der Waals surface area contributed by atoms with E-state index in [1.165, 1.54) is 0 Å². The highest BCUT2D eigenvalue weighted by Crippen LogP contribution is 2.32. The number of hydrogen-bond donors (Lipinski definition) is 1. The zero-order chi connectivity index (χ0) is 17.5. The van der Waals surface area contributed by atoms with E-state index in [0.29, 0.717) is 6.54 Å². The second-order valence-electron chi connectivity index (χ2n) is 6.27. The van der Waals surface area contributed by atoms with Crippen molar-refractivity contribution in [2.24, 2.45) is 0 Å². The van der Waals surface area contributed by atoms with Gasteiger partial charge < -0.3 is 22.3 Å². The lowest BCUT2D eigenvalue weighted by atomic mass is 9.75. The molecular formula is C21H23ClN3O-. The monoisotopic (exact) mass is 368 g/mol. The molecule has 0 spiro atoms. The molecular weight excluding hydrogens is 346 g/mol. The molecule has 1 amide bonds. The summed E-state index contributed by atoms with van der Waals surface area (Å²) in [5.74, 6) is 0.0236. The van der Waals surface area contributed by atoms with Gasteiger partial charge in [0.05, 0.1) is 11.7 Å². The van der Waals surface area contributed by atoms with Gasteiger partial charge in [-0.1, -0.05) is 60.7 Å². The first-order chi connectivity index (χ1) is 12.2. The van der Waals surface area contributed by atoms with Gasteiger partial charge in [0.25, 0.3) is 0 Å². The summed E-state index contributed by atoms with van der Waals surface area (Å²) in [6, 6.07) is 19.9. The molecule has 3 aromatic rings. The average Bonchev–Trinajstić information content (AvgIpc) is 3.19. The van der Waals surface area contributed by atoms with E-state index in [-0.39, 0.29) is 18.3 Å². The number of benzene rings is 2. The molecule has 1 heterocycles. The van der Waals surface area contributed by atoms with Crippen LogP contribution in [0.3, 0.4) is 0 Å². The highest BCUT2D eigenvalue weighted by atomic mass is 35.5. The molecule has 0 aliphatic heterocycles. The lowest BCUT2D eigenvalue weighted by Crippen LogP contribution is -3.00. The number of rotatable bonds is 7. The molecule has 4 nitrogen and oxygen atoms in total. The zero-order valence-corrected chi connectivity index (χ0v) is 15.6. The van der Waals surface area contributed by atoms with Gasteiger partial charge in [0.1, 0.15) is 0 Å². The van der Waals surface area contributed by atoms with Gasteiger partial charge in [-0.2, -0.15) is 0 Å². The molecule has 1 aromatic heterocycles. The minimum absolute atomic E-state index is 0. The van der Waals surface area contributed by atoms with Crippen LogP contribution in [0.4, 0.5) is 0 Å². The number of carbonyl (C=O) groups excluding carboxylic acids is 1. The Labute approximate surface area is 160 Å². The number of halogens is 1. The number of aryl methyl sites for hydroxylation is 1. The number of carbonyl (C=O) groups is 1. The van der Waals surface area contributed by atoms with Gasteiger partial charge in [0.15, 0.2) is 0 Å². The van der Waals surface area contributed by atoms with Crippen LogP contribution in [0.5, 0.6) is 0 Å². The van der Waals surface area contributed by atoms with Crippen molar-refractivity contribution in [3.63, 3.8) is 0 Å². The molecule has 26 heavy (non-hydrogen) atoms. The Hall–Kier alpha value is -2.59. The fraction of sp³-hybridized carbons (Fsp3) is 0.238. The Kier molecular flexibility index (Phi) is 6.98. The van der Waals surface area contributed by atoms with Crippen LogP contribution in [0.1, 0.15) is 24.5 Å². The molecule has 0 atom stereocenters. The van der Waals surface area contributed by atoms with E-state index in [9.17, 15) is 4.79 Å². The normalized spacial score (nSPS) is 10.8. The standard InChI is InChI=1S/C21H23N3O.ClH/c1-21(18-9-4-2-5-10-18,19-11-6-3-7-12-19)20(25)23-13-8-15-24-16-14-22-17-24;/h2-7,9-12,14,16-17H,8,13,15H2,1H3,(H,23,25);1H/p-1. The summed E-state index contributed by atoms with van der Waals surface area (Å²) >= 11 is 0. The predicted octanol–water partition coefficient (Wildman–Crippen LogP) is 0.400. The minimum Gasteiger partial charge on any atom is -1.00 e. The largest absolute Gasteiger partial charge is 1.00 e. The van der Waals surface area contributed by atoms with Gasteiger partial charge in [0, 0.05) is 25.5 Å². The van der Waals surface area contributed by atoms with Crippen LogP contribution in [-0.4, -0.2) is 22.0 Å². The average molecular weight is 369 g/mol. The van der Waals surface area contributed by atoms with E-state index in [2.05, 4.69) is 10.3 Å². The number of aromatic nitrogens is 2. The van der Waals surface area contributed by atoms with Gasteiger partial charge in [-0.25, -0.2) is 4.98 Å². The number of nitrogens with one attached hydrogen (secondary N) is 1. The molecule has 0 fully saturated rings. The van der Waals surface area contributed by atoms with Crippen LogP contribution in [0.25, 0.3) is 0 Å². The molecule has 1 N–H and O–H groups in total. The fourth-order valence-corrected chi connectivity index (χ4v) is 3.03. The molecule has 0 saturated carbocycles. The fourth-order valence-electron chi connectivity index (χ4n) is 3.03. The highest BCUT2D eigenvalue weighted by Gasteiger charge is 2.36. The summed E-state index contributed by atoms with van der Waals surface area (Å²) in [4.78, 5) is 17.1. The summed E-state index contributed by atoms with van der Waals surface area (Å²) in [7, 11) is 0. The van der Waals surface area contributed by atoms with Gasteiger partial charge >= 0.3 is 0 Å². The Bertz CT molecular complexity index is 749. The molecule has 0 aliphatic carbocycles. The quantitative estimate of drug-likeness (QED) is 0.614. The molecule has 0 unspecified atom stereocenters. The van der Waals surface area contributed by atoms with Crippen molar-refractivity contribution in [3.05, 3.63) is 90.5 Å². The third kappa shape index (κ3) is 4.33. The lowest BCUT2D eigenvalue weighted by Gasteiger charge is -2.29. The van der Waals surface area contributed by atoms with Gasteiger partial charge in [-0.3, -0.25) is 4.79 Å². The zero-order valence-electron chi connectivity index (χ0n) is 14.8. The highest BCUT2D eigenvalue weighted by molar-refractivity contribution is 5.91. The number of imidazole rings is 1. The van der Waals surface area contributed by atoms with Gasteiger partial charge in [-0.15, -0.1) is 0 Å². The van der Waals surface area contributed by atoms with Crippen molar-refractivity contribution in [3.8, 4) is 0 Å². The van der Waals surface area contributed by atoms with E-state index >= 15 is 0 Å². The Balaban J connectivity index is 0.00000243. The first kappa shape index (κ1) is 19.7. The minimum atomic E-state index is -0.711. The third-order valence-electron chi connectivity index (χ3n) is 4.59. The smallest absolute Gasteiger partial charge is 0.234 e. The third-order valence-corrected chi connectivity index (χ3v) is 4.59. The number of nitrogens with zero attached hydrogens (tertiary/aromatic N) is 2. The van der Waals surface area contributed by atoms with Crippen molar-refractivity contribution in [1.82, 2.24) is 14.9 Å². The molecule has 0 radical (unpaired) electrons. The Morgan fingerprint density at radius 2 is 1.62 bits per heavy atom. The maximum absolute atomic E-state index is 13.1. The SMILES string of the molecule is CC(C(=O)NCCCn1ccnc1)(c1ccccc1)c1ccccc1.[Cl-]. The molecule has 0 saturated heterocycles. The second kappa shape index (κ2) is 9.20. The summed E-state index contributed by atoms with van der Waals surface area (Å²) in [5.41, 5.74) is 1.28. The number of hydrogen-bond acceptors (Lipinski definition) is 2. The van der Waals surface area contributed by atoms with E-state index < -0.39 is 5.41 Å². The van der Waals surface area contributed by atoms with Crippen LogP contribution >= 0.6 is 0 Å². The van der Waals surface area contributed by atoms with Crippen molar-refractivity contribution < 1.29 is 17.2 Å². The summed E-state index contributed by atoms with van der Waals surface area (Å²) < 4.78 is 2.01. The maximum atomic E-state index is 13.1. The Morgan fingerprint density at radius 3 is 2.12 bits per heavy atom. The van der Waals surface area contributed by atoms with Crippen LogP contribution in [0.15, 0.2) is 79.4 Å². The van der Waals surface area contributed by atoms with Crippen LogP contribution in [0.2, 0.25) is 0 Å². The molecule has 3 rings (SSSR count). The van der Waals surface area contributed by atoms with Gasteiger partial charge in [0.2, 0.25) is 5.91 Å². The molecule has 5 heteroatoms. The Morgan fingerprint density at radius 1 is 1.04 bits per heavy atom. The first-order valence-corrected chi connectivity index (χ1v) is 8.56. The second-order valence-corrected chi connectivity index (χ2v) is 6.27. The number of amides is 1.